The summed E-state index contributed by atoms with van der Waals surface area (Å²) in [6.45, 7) is 2.98. The number of aryl methyl sites for hydroxylation is 1. The summed E-state index contributed by atoms with van der Waals surface area (Å²) >= 11 is 0. The molecule has 0 saturated carbocycles. The van der Waals surface area contributed by atoms with Crippen molar-refractivity contribution in [1.82, 2.24) is 0 Å². The van der Waals surface area contributed by atoms with Crippen molar-refractivity contribution in [1.29, 1.82) is 0 Å². The molecule has 0 aliphatic carbocycles. The van der Waals surface area contributed by atoms with Crippen LogP contribution in [0.1, 0.15) is 18.1 Å². The van der Waals surface area contributed by atoms with Crippen molar-refractivity contribution in [3.05, 3.63) is 35.4 Å². The molecule has 0 aliphatic rings. The minimum Gasteiger partial charge on any atom is -0.384 e. The van der Waals surface area contributed by atoms with Crippen LogP contribution in [-0.4, -0.2) is 13.7 Å². The zero-order valence-corrected chi connectivity index (χ0v) is 7.84. The zero-order valence-electron chi connectivity index (χ0n) is 7.84. The van der Waals surface area contributed by atoms with Gasteiger partial charge >= 0.3 is 0 Å². The lowest BCUT2D eigenvalue weighted by Crippen LogP contribution is -1.94. The first-order chi connectivity index (χ1) is 5.86. The van der Waals surface area contributed by atoms with Crippen LogP contribution in [0.3, 0.4) is 0 Å². The lowest BCUT2D eigenvalue weighted by molar-refractivity contribution is 0.202. The highest BCUT2D eigenvalue weighted by molar-refractivity contribution is 5.22. The van der Waals surface area contributed by atoms with Gasteiger partial charge in [-0.3, -0.25) is 0 Å². The van der Waals surface area contributed by atoms with Crippen LogP contribution in [0.15, 0.2) is 24.3 Å². The fourth-order valence-electron chi connectivity index (χ4n) is 1.16. The molecule has 1 heteroatoms. The highest BCUT2D eigenvalue weighted by Crippen LogP contribution is 2.05. The van der Waals surface area contributed by atoms with Crippen LogP contribution in [0.5, 0.6) is 0 Å². The Labute approximate surface area is 74.4 Å². The molecule has 0 spiro atoms. The molecule has 0 atom stereocenters. The van der Waals surface area contributed by atoms with E-state index in [1.807, 2.05) is 0 Å². The number of ether oxygens (including phenoxy) is 1. The molecule has 0 amide bonds. The summed E-state index contributed by atoms with van der Waals surface area (Å²) in [5, 5.41) is 0. The molecule has 0 heterocycles. The smallest absolute Gasteiger partial charge is 0.0502 e. The molecule has 1 nitrogen and oxygen atoms in total. The van der Waals surface area contributed by atoms with Gasteiger partial charge in [0.2, 0.25) is 0 Å². The van der Waals surface area contributed by atoms with Gasteiger partial charge in [0, 0.05) is 7.11 Å². The first kappa shape index (κ1) is 9.27. The van der Waals surface area contributed by atoms with Gasteiger partial charge in [0.25, 0.3) is 0 Å². The van der Waals surface area contributed by atoms with E-state index in [1.165, 1.54) is 11.1 Å². The average Bonchev–Trinajstić information content (AvgIpc) is 2.15. The lowest BCUT2D eigenvalue weighted by atomic mass is 10.1. The van der Waals surface area contributed by atoms with E-state index >= 15 is 0 Å². The third kappa shape index (κ3) is 2.67. The molecule has 0 fully saturated rings. The van der Waals surface area contributed by atoms with Crippen molar-refractivity contribution in [2.45, 2.75) is 19.8 Å². The Morgan fingerprint density at radius 3 is 2.17 bits per heavy atom. The Kier molecular flexibility index (Phi) is 3.81. The van der Waals surface area contributed by atoms with E-state index in [2.05, 4.69) is 31.2 Å². The summed E-state index contributed by atoms with van der Waals surface area (Å²) < 4.78 is 5.00. The fraction of sp³-hybridized carbons (Fsp3) is 0.455. The summed E-state index contributed by atoms with van der Waals surface area (Å²) in [6.07, 6.45) is 2.13. The molecule has 12 heavy (non-hydrogen) atoms. The minimum atomic E-state index is 0.811. The van der Waals surface area contributed by atoms with Gasteiger partial charge in [0.05, 0.1) is 6.61 Å². The van der Waals surface area contributed by atoms with Gasteiger partial charge in [-0.25, -0.2) is 0 Å². The first-order valence-electron chi connectivity index (χ1n) is 4.43. The van der Waals surface area contributed by atoms with Crippen molar-refractivity contribution < 1.29 is 4.74 Å². The maximum Gasteiger partial charge on any atom is 0.0502 e. The molecule has 0 aliphatic heterocycles. The molecule has 1 aromatic rings. The van der Waals surface area contributed by atoms with Crippen LogP contribution in [0, 0.1) is 0 Å². The van der Waals surface area contributed by atoms with E-state index in [1.54, 1.807) is 7.11 Å². The Morgan fingerprint density at radius 1 is 1.08 bits per heavy atom. The van der Waals surface area contributed by atoms with Crippen LogP contribution in [-0.2, 0) is 17.6 Å². The summed E-state index contributed by atoms with van der Waals surface area (Å²) in [5.74, 6) is 0. The quantitative estimate of drug-likeness (QED) is 0.664. The number of hydrogen-bond donors (Lipinski definition) is 0. The summed E-state index contributed by atoms with van der Waals surface area (Å²) in [7, 11) is 1.74. The summed E-state index contributed by atoms with van der Waals surface area (Å²) in [4.78, 5) is 0. The van der Waals surface area contributed by atoms with Gasteiger partial charge in [-0.2, -0.15) is 0 Å². The van der Waals surface area contributed by atoms with Gasteiger partial charge in [-0.1, -0.05) is 31.2 Å². The Balaban J connectivity index is 2.53. The van der Waals surface area contributed by atoms with Crippen LogP contribution in [0.2, 0.25) is 0 Å². The molecular weight excluding hydrogens is 148 g/mol. The minimum absolute atomic E-state index is 0.811. The van der Waals surface area contributed by atoms with Crippen LogP contribution in [0.4, 0.5) is 0 Å². The Bertz CT molecular complexity index is 213. The predicted molar refractivity (Wildman–Crippen MR) is 51.4 cm³/mol. The van der Waals surface area contributed by atoms with Crippen molar-refractivity contribution in [3.8, 4) is 0 Å². The maximum atomic E-state index is 5.00. The van der Waals surface area contributed by atoms with Crippen LogP contribution < -0.4 is 0 Å². The fourth-order valence-corrected chi connectivity index (χ4v) is 1.16. The molecule has 0 saturated heterocycles. The largest absolute Gasteiger partial charge is 0.384 e. The van der Waals surface area contributed by atoms with E-state index in [4.69, 9.17) is 4.74 Å². The highest BCUT2D eigenvalue weighted by Gasteiger charge is 1.92. The molecule has 0 radical (unpaired) electrons. The molecule has 0 N–H and O–H groups in total. The van der Waals surface area contributed by atoms with Crippen molar-refractivity contribution in [2.75, 3.05) is 13.7 Å². The van der Waals surface area contributed by atoms with Crippen LogP contribution in [0.25, 0.3) is 0 Å². The van der Waals surface area contributed by atoms with Crippen molar-refractivity contribution in [2.24, 2.45) is 0 Å². The van der Waals surface area contributed by atoms with Crippen LogP contribution >= 0.6 is 0 Å². The SMILES string of the molecule is CCc1ccc(CCOC)cc1. The lowest BCUT2D eigenvalue weighted by Gasteiger charge is -2.01. The Hall–Kier alpha value is -0.820. The van der Waals surface area contributed by atoms with Gasteiger partial charge < -0.3 is 4.74 Å². The number of methoxy groups -OCH3 is 1. The molecular formula is C11H16O. The van der Waals surface area contributed by atoms with Gasteiger partial charge in [0.1, 0.15) is 0 Å². The first-order valence-corrected chi connectivity index (χ1v) is 4.43. The molecule has 0 bridgehead atoms. The zero-order chi connectivity index (χ0) is 8.81. The number of hydrogen-bond acceptors (Lipinski definition) is 1. The molecule has 0 aromatic heterocycles. The third-order valence-electron chi connectivity index (χ3n) is 2.03. The average molecular weight is 164 g/mol. The second-order valence-corrected chi connectivity index (χ2v) is 2.91. The Morgan fingerprint density at radius 2 is 1.67 bits per heavy atom. The highest BCUT2D eigenvalue weighted by atomic mass is 16.5. The predicted octanol–water partition coefficient (Wildman–Crippen LogP) is 2.44. The third-order valence-corrected chi connectivity index (χ3v) is 2.03. The number of benzene rings is 1. The normalized spacial score (nSPS) is 10.2. The maximum absolute atomic E-state index is 5.00. The molecule has 66 valence electrons. The van der Waals surface area contributed by atoms with Gasteiger partial charge in [0.15, 0.2) is 0 Å². The van der Waals surface area contributed by atoms with E-state index < -0.39 is 0 Å². The topological polar surface area (TPSA) is 9.23 Å². The van der Waals surface area contributed by atoms with Gasteiger partial charge in [-0.15, -0.1) is 0 Å². The standard InChI is InChI=1S/C11H16O/c1-3-10-4-6-11(7-5-10)8-9-12-2/h4-7H,3,8-9H2,1-2H3. The molecule has 1 aromatic carbocycles. The summed E-state index contributed by atoms with van der Waals surface area (Å²) in [6, 6.07) is 8.73. The van der Waals surface area contributed by atoms with Crippen molar-refractivity contribution in [3.63, 3.8) is 0 Å². The van der Waals surface area contributed by atoms with E-state index in [0.717, 1.165) is 19.4 Å². The molecule has 0 unspecified atom stereocenters. The molecule has 1 rings (SSSR count). The summed E-state index contributed by atoms with van der Waals surface area (Å²) in [5.41, 5.74) is 2.75. The van der Waals surface area contributed by atoms with E-state index in [0.29, 0.717) is 0 Å². The second kappa shape index (κ2) is 4.94. The van der Waals surface area contributed by atoms with Gasteiger partial charge in [-0.05, 0) is 24.0 Å². The van der Waals surface area contributed by atoms with Crippen molar-refractivity contribution >= 4 is 0 Å². The van der Waals surface area contributed by atoms with E-state index in [9.17, 15) is 0 Å². The monoisotopic (exact) mass is 164 g/mol. The number of rotatable bonds is 4. The van der Waals surface area contributed by atoms with E-state index in [-0.39, 0.29) is 0 Å². The second-order valence-electron chi connectivity index (χ2n) is 2.91.